The van der Waals surface area contributed by atoms with Crippen LogP contribution in [-0.2, 0) is 19.6 Å². The predicted octanol–water partition coefficient (Wildman–Crippen LogP) is 3.96. The molecule has 0 saturated carbocycles. The van der Waals surface area contributed by atoms with E-state index in [9.17, 15) is 18.0 Å². The maximum Gasteiger partial charge on any atom is 0.338 e. The highest BCUT2D eigenvalue weighted by Crippen LogP contribution is 2.26. The molecule has 0 aliphatic carbocycles. The van der Waals surface area contributed by atoms with Gasteiger partial charge in [-0.05, 0) is 62.2 Å². The standard InChI is InChI=1S/C20H20Cl2N2O5S/c1-13(19(25)23-18-9-6-15(21)12-17(18)22)29-20(26)14-4-7-16(8-5-14)30(27,28)24-10-2-3-11-24/h4-9,12-13H,2-3,10-11H2,1H3,(H,23,25). The Morgan fingerprint density at radius 2 is 1.70 bits per heavy atom. The lowest BCUT2D eigenvalue weighted by molar-refractivity contribution is -0.123. The summed E-state index contributed by atoms with van der Waals surface area (Å²) in [6.45, 7) is 2.41. The van der Waals surface area contributed by atoms with E-state index in [-0.39, 0.29) is 15.5 Å². The van der Waals surface area contributed by atoms with E-state index in [0.29, 0.717) is 23.8 Å². The molecule has 0 spiro atoms. The van der Waals surface area contributed by atoms with Crippen molar-refractivity contribution in [3.63, 3.8) is 0 Å². The summed E-state index contributed by atoms with van der Waals surface area (Å²) in [5.74, 6) is -1.31. The van der Waals surface area contributed by atoms with Crippen LogP contribution < -0.4 is 5.32 Å². The number of esters is 1. The number of rotatable bonds is 6. The number of nitrogens with zero attached hydrogens (tertiary/aromatic N) is 1. The van der Waals surface area contributed by atoms with Gasteiger partial charge in [0.1, 0.15) is 0 Å². The van der Waals surface area contributed by atoms with Crippen molar-refractivity contribution in [2.24, 2.45) is 0 Å². The van der Waals surface area contributed by atoms with Gasteiger partial charge in [0.15, 0.2) is 6.10 Å². The predicted molar refractivity (Wildman–Crippen MR) is 114 cm³/mol. The third-order valence-electron chi connectivity index (χ3n) is 4.63. The lowest BCUT2D eigenvalue weighted by Gasteiger charge is -2.16. The van der Waals surface area contributed by atoms with E-state index in [4.69, 9.17) is 27.9 Å². The number of amides is 1. The molecule has 160 valence electrons. The van der Waals surface area contributed by atoms with Crippen LogP contribution in [0.3, 0.4) is 0 Å². The maximum atomic E-state index is 12.5. The molecule has 1 aliphatic rings. The number of carbonyl (C=O) groups excluding carboxylic acids is 2. The first kappa shape index (κ1) is 22.6. The molecule has 30 heavy (non-hydrogen) atoms. The van der Waals surface area contributed by atoms with E-state index in [1.807, 2.05) is 0 Å². The van der Waals surface area contributed by atoms with Gasteiger partial charge in [0.05, 0.1) is 21.2 Å². The van der Waals surface area contributed by atoms with Gasteiger partial charge in [0.2, 0.25) is 10.0 Å². The topological polar surface area (TPSA) is 92.8 Å². The van der Waals surface area contributed by atoms with Gasteiger partial charge in [0.25, 0.3) is 5.91 Å². The number of nitrogens with one attached hydrogen (secondary N) is 1. The van der Waals surface area contributed by atoms with Crippen molar-refractivity contribution in [2.45, 2.75) is 30.8 Å². The average Bonchev–Trinajstić information content (AvgIpc) is 3.26. The first-order valence-electron chi connectivity index (χ1n) is 9.25. The van der Waals surface area contributed by atoms with E-state index in [2.05, 4.69) is 5.32 Å². The first-order valence-corrected chi connectivity index (χ1v) is 11.4. The molecular weight excluding hydrogens is 451 g/mol. The molecule has 2 aromatic carbocycles. The van der Waals surface area contributed by atoms with E-state index in [0.717, 1.165) is 12.8 Å². The summed E-state index contributed by atoms with van der Waals surface area (Å²) in [4.78, 5) is 24.7. The van der Waals surface area contributed by atoms with Gasteiger partial charge >= 0.3 is 5.97 Å². The third-order valence-corrected chi connectivity index (χ3v) is 7.10. The Hall–Kier alpha value is -2.13. The molecular formula is C20H20Cl2N2O5S. The molecule has 1 fully saturated rings. The zero-order valence-electron chi connectivity index (χ0n) is 16.1. The molecule has 1 saturated heterocycles. The molecule has 1 atom stereocenters. The highest BCUT2D eigenvalue weighted by molar-refractivity contribution is 7.89. The van der Waals surface area contributed by atoms with Crippen LogP contribution in [0.4, 0.5) is 5.69 Å². The average molecular weight is 471 g/mol. The van der Waals surface area contributed by atoms with Crippen molar-refractivity contribution >= 4 is 50.8 Å². The smallest absolute Gasteiger partial charge is 0.338 e. The minimum Gasteiger partial charge on any atom is -0.449 e. The van der Waals surface area contributed by atoms with Crippen molar-refractivity contribution in [2.75, 3.05) is 18.4 Å². The third kappa shape index (κ3) is 5.13. The number of sulfonamides is 1. The van der Waals surface area contributed by atoms with Crippen LogP contribution in [-0.4, -0.2) is 43.8 Å². The van der Waals surface area contributed by atoms with Crippen LogP contribution >= 0.6 is 23.2 Å². The molecule has 0 radical (unpaired) electrons. The van der Waals surface area contributed by atoms with Gasteiger partial charge in [-0.2, -0.15) is 4.31 Å². The van der Waals surface area contributed by atoms with Crippen molar-refractivity contribution < 1.29 is 22.7 Å². The molecule has 1 N–H and O–H groups in total. The van der Waals surface area contributed by atoms with Crippen molar-refractivity contribution in [1.82, 2.24) is 4.31 Å². The lowest BCUT2D eigenvalue weighted by atomic mass is 10.2. The second-order valence-electron chi connectivity index (χ2n) is 6.80. The molecule has 1 heterocycles. The SMILES string of the molecule is CC(OC(=O)c1ccc(S(=O)(=O)N2CCCC2)cc1)C(=O)Nc1ccc(Cl)cc1Cl. The van der Waals surface area contributed by atoms with E-state index >= 15 is 0 Å². The van der Waals surface area contributed by atoms with Gasteiger partial charge in [0, 0.05) is 18.1 Å². The number of hydrogen-bond acceptors (Lipinski definition) is 5. The largest absolute Gasteiger partial charge is 0.449 e. The summed E-state index contributed by atoms with van der Waals surface area (Å²) in [7, 11) is -3.56. The lowest BCUT2D eigenvalue weighted by Crippen LogP contribution is -2.30. The second-order valence-corrected chi connectivity index (χ2v) is 9.58. The maximum absolute atomic E-state index is 12.5. The minimum atomic E-state index is -3.56. The fraction of sp³-hybridized carbons (Fsp3) is 0.300. The van der Waals surface area contributed by atoms with Crippen molar-refractivity contribution in [3.8, 4) is 0 Å². The Morgan fingerprint density at radius 3 is 2.30 bits per heavy atom. The van der Waals surface area contributed by atoms with E-state index < -0.39 is 28.0 Å². The number of halogens is 2. The Kier molecular flexibility index (Phi) is 7.02. The number of benzene rings is 2. The summed E-state index contributed by atoms with van der Waals surface area (Å²) in [5.41, 5.74) is 0.477. The molecule has 3 rings (SSSR count). The highest BCUT2D eigenvalue weighted by atomic mass is 35.5. The van der Waals surface area contributed by atoms with Gasteiger partial charge in [-0.3, -0.25) is 4.79 Å². The molecule has 0 aromatic heterocycles. The van der Waals surface area contributed by atoms with Crippen LogP contribution in [0.1, 0.15) is 30.1 Å². The molecule has 1 aliphatic heterocycles. The number of hydrogen-bond donors (Lipinski definition) is 1. The Bertz CT molecular complexity index is 1050. The monoisotopic (exact) mass is 470 g/mol. The summed E-state index contributed by atoms with van der Waals surface area (Å²) >= 11 is 11.8. The van der Waals surface area contributed by atoms with Crippen LogP contribution in [0, 0.1) is 0 Å². The van der Waals surface area contributed by atoms with Crippen LogP contribution in [0.25, 0.3) is 0 Å². The van der Waals surface area contributed by atoms with Crippen molar-refractivity contribution in [1.29, 1.82) is 0 Å². The summed E-state index contributed by atoms with van der Waals surface area (Å²) in [6.07, 6.45) is 0.576. The Balaban J connectivity index is 1.63. The summed E-state index contributed by atoms with van der Waals surface area (Å²) < 4.78 is 31.7. The highest BCUT2D eigenvalue weighted by Gasteiger charge is 2.27. The molecule has 1 amide bonds. The fourth-order valence-corrected chi connectivity index (χ4v) is 4.92. The summed E-state index contributed by atoms with van der Waals surface area (Å²) in [6, 6.07) is 10.0. The number of anilines is 1. The zero-order valence-corrected chi connectivity index (χ0v) is 18.4. The van der Waals surface area contributed by atoms with Gasteiger partial charge in [-0.25, -0.2) is 13.2 Å². The van der Waals surface area contributed by atoms with Gasteiger partial charge < -0.3 is 10.1 Å². The van der Waals surface area contributed by atoms with Crippen LogP contribution in [0.2, 0.25) is 10.0 Å². The Morgan fingerprint density at radius 1 is 1.07 bits per heavy atom. The van der Waals surface area contributed by atoms with Gasteiger partial charge in [-0.15, -0.1) is 0 Å². The van der Waals surface area contributed by atoms with Crippen LogP contribution in [0.5, 0.6) is 0 Å². The zero-order chi connectivity index (χ0) is 21.9. The minimum absolute atomic E-state index is 0.115. The quantitative estimate of drug-likeness (QED) is 0.644. The molecule has 10 heteroatoms. The molecule has 7 nitrogen and oxygen atoms in total. The van der Waals surface area contributed by atoms with Gasteiger partial charge in [-0.1, -0.05) is 23.2 Å². The molecule has 0 bridgehead atoms. The van der Waals surface area contributed by atoms with Crippen LogP contribution in [0.15, 0.2) is 47.4 Å². The normalized spacial score (nSPS) is 15.6. The number of ether oxygens (including phenoxy) is 1. The molecule has 1 unspecified atom stereocenters. The summed E-state index contributed by atoms with van der Waals surface area (Å²) in [5, 5.41) is 3.24. The molecule has 2 aromatic rings. The Labute approximate surface area is 185 Å². The van der Waals surface area contributed by atoms with E-state index in [1.165, 1.54) is 47.6 Å². The second kappa shape index (κ2) is 9.34. The first-order chi connectivity index (χ1) is 14.2. The fourth-order valence-electron chi connectivity index (χ4n) is 2.95. The van der Waals surface area contributed by atoms with Crippen molar-refractivity contribution in [3.05, 3.63) is 58.1 Å². The van der Waals surface area contributed by atoms with E-state index in [1.54, 1.807) is 6.07 Å². The number of carbonyl (C=O) groups is 2.